The number of phenolic OH excluding ortho intramolecular Hbond substituents is 1. The Hall–Kier alpha value is -4.93. The first-order valence-corrected chi connectivity index (χ1v) is 14.1. The third kappa shape index (κ3) is 9.03. The molecule has 0 spiro atoms. The monoisotopic (exact) mass is 590 g/mol. The van der Waals surface area contributed by atoms with Crippen LogP contribution in [-0.4, -0.2) is 72.5 Å². The largest absolute Gasteiger partial charge is 0.508 e. The van der Waals surface area contributed by atoms with E-state index in [4.69, 9.17) is 4.74 Å². The van der Waals surface area contributed by atoms with E-state index in [2.05, 4.69) is 16.0 Å². The van der Waals surface area contributed by atoms with E-state index >= 15 is 0 Å². The van der Waals surface area contributed by atoms with E-state index in [1.807, 2.05) is 0 Å². The highest BCUT2D eigenvalue weighted by Gasteiger charge is 2.28. The number of para-hydroxylation sites is 1. The standard InChI is InChI=1S/C32H35FN4O6/c1-37-18-19-43-28-5-3-2-4-25(28)30(40)36-26(31(41)34-17-16-21-6-10-23(33)11-7-21)14-15-29(39)35-27(32(37)42)20-22-8-12-24(38)13-9-22/h2-13,26-27,38H,14-20H2,1H3,(H,34,41)(H,35,39)(H,36,40)/t26-,27-/m0/s1. The number of aromatic hydroxyl groups is 1. The van der Waals surface area contributed by atoms with Crippen LogP contribution < -0.4 is 20.7 Å². The Morgan fingerprint density at radius 3 is 2.44 bits per heavy atom. The molecule has 0 unspecified atom stereocenters. The van der Waals surface area contributed by atoms with Gasteiger partial charge in [-0.1, -0.05) is 36.4 Å². The number of benzene rings is 3. The molecule has 0 aromatic heterocycles. The fourth-order valence-corrected chi connectivity index (χ4v) is 4.67. The molecule has 4 N–H and O–H groups in total. The number of rotatable bonds is 6. The zero-order valence-corrected chi connectivity index (χ0v) is 23.8. The molecule has 0 aliphatic carbocycles. The SMILES string of the molecule is CN1CCOc2ccccc2C(=O)N[C@H](C(=O)NCCc2ccc(F)cc2)CCC(=O)N[C@@H](Cc2ccc(O)cc2)C1=O. The van der Waals surface area contributed by atoms with E-state index in [0.29, 0.717) is 12.2 Å². The lowest BCUT2D eigenvalue weighted by Gasteiger charge is -2.25. The normalized spacial score (nSPS) is 18.3. The molecule has 0 saturated heterocycles. The van der Waals surface area contributed by atoms with Gasteiger partial charge in [0.15, 0.2) is 0 Å². The minimum atomic E-state index is -1.06. The van der Waals surface area contributed by atoms with Crippen LogP contribution in [0.3, 0.4) is 0 Å². The number of hydrogen-bond donors (Lipinski definition) is 4. The van der Waals surface area contributed by atoms with E-state index in [0.717, 1.165) is 11.1 Å². The molecule has 4 amide bonds. The third-order valence-corrected chi connectivity index (χ3v) is 7.11. The Kier molecular flexibility index (Phi) is 10.7. The van der Waals surface area contributed by atoms with Crippen LogP contribution in [0.2, 0.25) is 0 Å². The van der Waals surface area contributed by atoms with Crippen LogP contribution >= 0.6 is 0 Å². The van der Waals surface area contributed by atoms with Gasteiger partial charge in [-0.3, -0.25) is 19.2 Å². The fourth-order valence-electron chi connectivity index (χ4n) is 4.67. The van der Waals surface area contributed by atoms with Crippen molar-refractivity contribution in [2.24, 2.45) is 0 Å². The lowest BCUT2D eigenvalue weighted by molar-refractivity contribution is -0.135. The van der Waals surface area contributed by atoms with Crippen LogP contribution in [0.15, 0.2) is 72.8 Å². The molecule has 1 aliphatic heterocycles. The van der Waals surface area contributed by atoms with E-state index in [-0.39, 0.29) is 62.0 Å². The zero-order chi connectivity index (χ0) is 30.8. The average molecular weight is 591 g/mol. The number of carbonyl (C=O) groups excluding carboxylic acids is 4. The molecule has 4 rings (SSSR count). The molecular formula is C32H35FN4O6. The molecule has 226 valence electrons. The van der Waals surface area contributed by atoms with E-state index in [9.17, 15) is 28.7 Å². The van der Waals surface area contributed by atoms with Crippen molar-refractivity contribution >= 4 is 23.6 Å². The highest BCUT2D eigenvalue weighted by molar-refractivity contribution is 5.99. The molecule has 43 heavy (non-hydrogen) atoms. The summed E-state index contributed by atoms with van der Waals surface area (Å²) in [6, 6.07) is 16.9. The van der Waals surface area contributed by atoms with Gasteiger partial charge >= 0.3 is 0 Å². The Labute approximate surface area is 249 Å². The van der Waals surface area contributed by atoms with Gasteiger partial charge in [0.2, 0.25) is 17.7 Å². The summed E-state index contributed by atoms with van der Waals surface area (Å²) < 4.78 is 19.1. The summed E-state index contributed by atoms with van der Waals surface area (Å²) in [5, 5.41) is 17.9. The molecular weight excluding hydrogens is 555 g/mol. The van der Waals surface area contributed by atoms with Crippen molar-refractivity contribution in [3.05, 3.63) is 95.3 Å². The van der Waals surface area contributed by atoms with Gasteiger partial charge < -0.3 is 30.7 Å². The van der Waals surface area contributed by atoms with Crippen molar-refractivity contribution in [3.8, 4) is 11.5 Å². The van der Waals surface area contributed by atoms with Crippen LogP contribution in [0.4, 0.5) is 4.39 Å². The van der Waals surface area contributed by atoms with Gasteiger partial charge in [-0.15, -0.1) is 0 Å². The fraction of sp³-hybridized carbons (Fsp3) is 0.312. The summed E-state index contributed by atoms with van der Waals surface area (Å²) in [5.41, 5.74) is 1.77. The van der Waals surface area contributed by atoms with Crippen molar-refractivity contribution in [3.63, 3.8) is 0 Å². The minimum Gasteiger partial charge on any atom is -0.508 e. The Balaban J connectivity index is 1.52. The van der Waals surface area contributed by atoms with Gasteiger partial charge in [0.05, 0.1) is 12.1 Å². The Morgan fingerprint density at radius 2 is 1.70 bits per heavy atom. The summed E-state index contributed by atoms with van der Waals surface area (Å²) in [6.07, 6.45) is 0.456. The van der Waals surface area contributed by atoms with E-state index < -0.39 is 29.8 Å². The van der Waals surface area contributed by atoms with Gasteiger partial charge in [0.25, 0.3) is 5.91 Å². The smallest absolute Gasteiger partial charge is 0.255 e. The maximum atomic E-state index is 13.4. The highest BCUT2D eigenvalue weighted by atomic mass is 19.1. The number of hydrogen-bond acceptors (Lipinski definition) is 6. The first-order valence-electron chi connectivity index (χ1n) is 14.1. The van der Waals surface area contributed by atoms with Crippen LogP contribution in [0, 0.1) is 5.82 Å². The predicted molar refractivity (Wildman–Crippen MR) is 157 cm³/mol. The molecule has 0 radical (unpaired) electrons. The molecule has 10 nitrogen and oxygen atoms in total. The summed E-state index contributed by atoms with van der Waals surface area (Å²) in [6.45, 7) is 0.508. The summed E-state index contributed by atoms with van der Waals surface area (Å²) in [5.74, 6) is -1.80. The first-order chi connectivity index (χ1) is 20.7. The van der Waals surface area contributed by atoms with E-state index in [1.165, 1.54) is 29.2 Å². The number of likely N-dealkylation sites (N-methyl/N-ethyl adjacent to an activating group) is 1. The minimum absolute atomic E-state index is 0.0288. The van der Waals surface area contributed by atoms with Crippen molar-refractivity contribution in [2.75, 3.05) is 26.7 Å². The molecule has 1 aliphatic rings. The number of amides is 4. The number of carbonyl (C=O) groups is 4. The van der Waals surface area contributed by atoms with Crippen LogP contribution in [-0.2, 0) is 27.2 Å². The number of phenols is 1. The van der Waals surface area contributed by atoms with Gasteiger partial charge in [0.1, 0.15) is 36.0 Å². The number of halogens is 1. The van der Waals surface area contributed by atoms with E-state index in [1.54, 1.807) is 55.6 Å². The predicted octanol–water partition coefficient (Wildman–Crippen LogP) is 2.35. The maximum Gasteiger partial charge on any atom is 0.255 e. The molecule has 0 bridgehead atoms. The second-order valence-corrected chi connectivity index (χ2v) is 10.3. The molecule has 3 aromatic carbocycles. The molecule has 3 aromatic rings. The first kappa shape index (κ1) is 31.0. The summed E-state index contributed by atoms with van der Waals surface area (Å²) in [4.78, 5) is 54.4. The topological polar surface area (TPSA) is 137 Å². The average Bonchev–Trinajstić information content (AvgIpc) is 3.00. The second-order valence-electron chi connectivity index (χ2n) is 10.3. The van der Waals surface area contributed by atoms with Crippen LogP contribution in [0.1, 0.15) is 34.3 Å². The van der Waals surface area contributed by atoms with Gasteiger partial charge in [0, 0.05) is 26.4 Å². The second kappa shape index (κ2) is 14.8. The van der Waals surface area contributed by atoms with Crippen LogP contribution in [0.25, 0.3) is 0 Å². The van der Waals surface area contributed by atoms with Crippen molar-refractivity contribution in [1.82, 2.24) is 20.9 Å². The van der Waals surface area contributed by atoms with Crippen molar-refractivity contribution in [1.29, 1.82) is 0 Å². The van der Waals surface area contributed by atoms with Gasteiger partial charge in [-0.05, 0) is 60.4 Å². The summed E-state index contributed by atoms with van der Waals surface area (Å²) in [7, 11) is 1.60. The lowest BCUT2D eigenvalue weighted by atomic mass is 10.0. The molecule has 0 saturated carbocycles. The number of fused-ring (bicyclic) bond motifs is 1. The molecule has 2 atom stereocenters. The Morgan fingerprint density at radius 1 is 1.00 bits per heavy atom. The molecule has 11 heteroatoms. The van der Waals surface area contributed by atoms with Crippen LogP contribution in [0.5, 0.6) is 11.5 Å². The molecule has 0 fully saturated rings. The van der Waals surface area contributed by atoms with Gasteiger partial charge in [-0.25, -0.2) is 4.39 Å². The lowest BCUT2D eigenvalue weighted by Crippen LogP contribution is -2.50. The zero-order valence-electron chi connectivity index (χ0n) is 23.8. The highest BCUT2D eigenvalue weighted by Crippen LogP contribution is 2.19. The quantitative estimate of drug-likeness (QED) is 0.348. The number of nitrogens with zero attached hydrogens (tertiary/aromatic N) is 1. The maximum absolute atomic E-state index is 13.4. The Bertz CT molecular complexity index is 1430. The molecule has 1 heterocycles. The van der Waals surface area contributed by atoms with Crippen molar-refractivity contribution in [2.45, 2.75) is 37.8 Å². The number of nitrogens with one attached hydrogen (secondary N) is 3. The van der Waals surface area contributed by atoms with Crippen molar-refractivity contribution < 1.29 is 33.4 Å². The number of ether oxygens (including phenoxy) is 1. The summed E-state index contributed by atoms with van der Waals surface area (Å²) >= 11 is 0. The van der Waals surface area contributed by atoms with Gasteiger partial charge in [-0.2, -0.15) is 0 Å². The third-order valence-electron chi connectivity index (χ3n) is 7.11.